The summed E-state index contributed by atoms with van der Waals surface area (Å²) in [6.07, 6.45) is 0. The van der Waals surface area contributed by atoms with Crippen molar-refractivity contribution in [2.24, 2.45) is 5.92 Å². The molecule has 0 spiro atoms. The van der Waals surface area contributed by atoms with Crippen molar-refractivity contribution in [1.29, 1.82) is 0 Å². The van der Waals surface area contributed by atoms with E-state index in [-0.39, 0.29) is 0 Å². The Kier molecular flexibility index (Phi) is 2.13. The van der Waals surface area contributed by atoms with Crippen LogP contribution in [0.5, 0.6) is 0 Å². The van der Waals surface area contributed by atoms with Gasteiger partial charge in [0.1, 0.15) is 0 Å². The molecule has 64 valence electrons. The van der Waals surface area contributed by atoms with Gasteiger partial charge in [0, 0.05) is 12.5 Å². The predicted octanol–water partition coefficient (Wildman–Crippen LogP) is 2.44. The van der Waals surface area contributed by atoms with E-state index in [1.165, 1.54) is 5.56 Å². The first kappa shape index (κ1) is 7.81. The SMILES string of the molecule is C[C@@H]1COC[C@@H]1c1ccccc1. The molecule has 1 aromatic rings. The molecular weight excluding hydrogens is 148 g/mol. The van der Waals surface area contributed by atoms with Gasteiger partial charge in [0.05, 0.1) is 6.61 Å². The highest BCUT2D eigenvalue weighted by atomic mass is 16.5. The number of hydrogen-bond acceptors (Lipinski definition) is 1. The van der Waals surface area contributed by atoms with Crippen LogP contribution in [0, 0.1) is 5.92 Å². The second kappa shape index (κ2) is 3.28. The Balaban J connectivity index is 2.19. The van der Waals surface area contributed by atoms with E-state index in [9.17, 15) is 0 Å². The Labute approximate surface area is 73.4 Å². The van der Waals surface area contributed by atoms with Gasteiger partial charge in [-0.15, -0.1) is 0 Å². The first-order valence-electron chi connectivity index (χ1n) is 4.50. The van der Waals surface area contributed by atoms with E-state index >= 15 is 0 Å². The van der Waals surface area contributed by atoms with E-state index in [0.717, 1.165) is 13.2 Å². The summed E-state index contributed by atoms with van der Waals surface area (Å²) in [5.74, 6) is 1.29. The van der Waals surface area contributed by atoms with Gasteiger partial charge in [-0.25, -0.2) is 0 Å². The molecule has 1 fully saturated rings. The van der Waals surface area contributed by atoms with E-state index < -0.39 is 0 Å². The van der Waals surface area contributed by atoms with Crippen LogP contribution >= 0.6 is 0 Å². The second-order valence-electron chi connectivity index (χ2n) is 3.53. The van der Waals surface area contributed by atoms with Crippen LogP contribution in [0.2, 0.25) is 0 Å². The maximum atomic E-state index is 5.42. The van der Waals surface area contributed by atoms with Crippen molar-refractivity contribution in [1.82, 2.24) is 0 Å². The summed E-state index contributed by atoms with van der Waals surface area (Å²) >= 11 is 0. The number of hydrogen-bond donors (Lipinski definition) is 0. The Hall–Kier alpha value is -0.820. The topological polar surface area (TPSA) is 9.23 Å². The molecule has 0 N–H and O–H groups in total. The van der Waals surface area contributed by atoms with Gasteiger partial charge >= 0.3 is 0 Å². The Morgan fingerprint density at radius 1 is 1.17 bits per heavy atom. The van der Waals surface area contributed by atoms with Gasteiger partial charge in [0.2, 0.25) is 0 Å². The molecule has 0 amide bonds. The van der Waals surface area contributed by atoms with Crippen LogP contribution in [-0.2, 0) is 4.74 Å². The molecule has 0 saturated carbocycles. The first-order valence-corrected chi connectivity index (χ1v) is 4.50. The Bertz CT molecular complexity index is 242. The number of rotatable bonds is 1. The molecule has 12 heavy (non-hydrogen) atoms. The molecule has 1 aliphatic heterocycles. The van der Waals surface area contributed by atoms with Crippen molar-refractivity contribution in [3.8, 4) is 0 Å². The lowest BCUT2D eigenvalue weighted by Gasteiger charge is -2.12. The van der Waals surface area contributed by atoms with Crippen molar-refractivity contribution in [3.63, 3.8) is 0 Å². The Morgan fingerprint density at radius 2 is 1.92 bits per heavy atom. The molecule has 0 aromatic heterocycles. The van der Waals surface area contributed by atoms with E-state index in [0.29, 0.717) is 11.8 Å². The van der Waals surface area contributed by atoms with Gasteiger partial charge in [0.15, 0.2) is 0 Å². The summed E-state index contributed by atoms with van der Waals surface area (Å²) in [4.78, 5) is 0. The van der Waals surface area contributed by atoms with Crippen LogP contribution in [0.15, 0.2) is 30.3 Å². The van der Waals surface area contributed by atoms with Crippen LogP contribution in [0.25, 0.3) is 0 Å². The molecule has 0 radical (unpaired) electrons. The molecule has 2 rings (SSSR count). The van der Waals surface area contributed by atoms with E-state index in [1.54, 1.807) is 0 Å². The molecule has 1 heteroatoms. The molecule has 0 unspecified atom stereocenters. The number of benzene rings is 1. The van der Waals surface area contributed by atoms with Crippen LogP contribution < -0.4 is 0 Å². The lowest BCUT2D eigenvalue weighted by Crippen LogP contribution is -2.05. The standard InChI is InChI=1S/C11H14O/c1-9-7-12-8-11(9)10-5-3-2-4-6-10/h2-6,9,11H,7-8H2,1H3/t9-,11+/m1/s1. The molecular formula is C11H14O. The fourth-order valence-electron chi connectivity index (χ4n) is 1.79. The largest absolute Gasteiger partial charge is 0.381 e. The predicted molar refractivity (Wildman–Crippen MR) is 49.2 cm³/mol. The summed E-state index contributed by atoms with van der Waals surface area (Å²) in [7, 11) is 0. The first-order chi connectivity index (χ1) is 5.88. The minimum absolute atomic E-state index is 0.617. The van der Waals surface area contributed by atoms with Gasteiger partial charge in [-0.05, 0) is 11.5 Å². The van der Waals surface area contributed by atoms with Crippen molar-refractivity contribution < 1.29 is 4.74 Å². The van der Waals surface area contributed by atoms with Gasteiger partial charge in [-0.1, -0.05) is 37.3 Å². The zero-order valence-corrected chi connectivity index (χ0v) is 7.36. The average Bonchev–Trinajstić information content (AvgIpc) is 2.53. The average molecular weight is 162 g/mol. The molecule has 0 bridgehead atoms. The summed E-state index contributed by atoms with van der Waals surface area (Å²) in [5, 5.41) is 0. The van der Waals surface area contributed by atoms with Crippen LogP contribution in [0.4, 0.5) is 0 Å². The molecule has 1 aromatic carbocycles. The minimum Gasteiger partial charge on any atom is -0.381 e. The Morgan fingerprint density at radius 3 is 2.50 bits per heavy atom. The fraction of sp³-hybridized carbons (Fsp3) is 0.455. The molecule has 1 heterocycles. The second-order valence-corrected chi connectivity index (χ2v) is 3.53. The molecule has 0 aliphatic carbocycles. The fourth-order valence-corrected chi connectivity index (χ4v) is 1.79. The van der Waals surface area contributed by atoms with Gasteiger partial charge < -0.3 is 4.74 Å². The highest BCUT2D eigenvalue weighted by Gasteiger charge is 2.25. The van der Waals surface area contributed by atoms with E-state index in [4.69, 9.17) is 4.74 Å². The summed E-state index contributed by atoms with van der Waals surface area (Å²) in [5.41, 5.74) is 1.42. The van der Waals surface area contributed by atoms with Crippen molar-refractivity contribution >= 4 is 0 Å². The van der Waals surface area contributed by atoms with Gasteiger partial charge in [-0.3, -0.25) is 0 Å². The van der Waals surface area contributed by atoms with E-state index in [1.807, 2.05) is 0 Å². The zero-order valence-electron chi connectivity index (χ0n) is 7.36. The summed E-state index contributed by atoms with van der Waals surface area (Å²) in [6.45, 7) is 4.06. The van der Waals surface area contributed by atoms with E-state index in [2.05, 4.69) is 37.3 Å². The zero-order chi connectivity index (χ0) is 8.39. The van der Waals surface area contributed by atoms with Crippen LogP contribution in [0.1, 0.15) is 18.4 Å². The molecule has 2 atom stereocenters. The van der Waals surface area contributed by atoms with Crippen LogP contribution in [0.3, 0.4) is 0 Å². The van der Waals surface area contributed by atoms with Crippen molar-refractivity contribution in [2.45, 2.75) is 12.8 Å². The number of ether oxygens (including phenoxy) is 1. The maximum absolute atomic E-state index is 5.42. The van der Waals surface area contributed by atoms with Crippen molar-refractivity contribution in [2.75, 3.05) is 13.2 Å². The quantitative estimate of drug-likeness (QED) is 0.616. The minimum atomic E-state index is 0.617. The third-order valence-corrected chi connectivity index (χ3v) is 2.59. The molecule has 1 nitrogen and oxygen atoms in total. The van der Waals surface area contributed by atoms with Crippen molar-refractivity contribution in [3.05, 3.63) is 35.9 Å². The smallest absolute Gasteiger partial charge is 0.0538 e. The van der Waals surface area contributed by atoms with Gasteiger partial charge in [-0.2, -0.15) is 0 Å². The lowest BCUT2D eigenvalue weighted by molar-refractivity contribution is 0.186. The highest BCUT2D eigenvalue weighted by Crippen LogP contribution is 2.29. The lowest BCUT2D eigenvalue weighted by atomic mass is 9.91. The van der Waals surface area contributed by atoms with Crippen LogP contribution in [-0.4, -0.2) is 13.2 Å². The molecule has 1 aliphatic rings. The third kappa shape index (κ3) is 1.37. The third-order valence-electron chi connectivity index (χ3n) is 2.59. The maximum Gasteiger partial charge on any atom is 0.0538 e. The summed E-state index contributed by atoms with van der Waals surface area (Å²) in [6, 6.07) is 10.6. The normalized spacial score (nSPS) is 29.1. The summed E-state index contributed by atoms with van der Waals surface area (Å²) < 4.78 is 5.42. The highest BCUT2D eigenvalue weighted by molar-refractivity contribution is 5.20. The molecule has 1 saturated heterocycles. The monoisotopic (exact) mass is 162 g/mol. The van der Waals surface area contributed by atoms with Gasteiger partial charge in [0.25, 0.3) is 0 Å².